The zero-order valence-electron chi connectivity index (χ0n) is 37.9. The molecule has 2 heterocycles. The van der Waals surface area contributed by atoms with E-state index in [1.807, 2.05) is 24.4 Å². The molecule has 9 rings (SSSR count). The number of aromatic hydroxyl groups is 1. The third-order valence-corrected chi connectivity index (χ3v) is 12.0. The number of benzene rings is 6. The summed E-state index contributed by atoms with van der Waals surface area (Å²) in [6, 6.07) is 45.9. The molecule has 0 saturated carbocycles. The van der Waals surface area contributed by atoms with Gasteiger partial charge in [0.05, 0.1) is 28.0 Å². The van der Waals surface area contributed by atoms with Gasteiger partial charge in [-0.2, -0.15) is 0 Å². The van der Waals surface area contributed by atoms with Gasteiger partial charge in [0.15, 0.2) is 0 Å². The number of hydrogen-bond donors (Lipinski definition) is 1. The molecule has 0 spiro atoms. The maximum Gasteiger partial charge on any atom is 0.149 e. The second kappa shape index (κ2) is 14.8. The lowest BCUT2D eigenvalue weighted by Crippen LogP contribution is -2.12. The van der Waals surface area contributed by atoms with E-state index < -0.39 is 6.85 Å². The van der Waals surface area contributed by atoms with Crippen LogP contribution < -0.4 is 0 Å². The number of phenols is 1. The summed E-state index contributed by atoms with van der Waals surface area (Å²) in [5.74, 6) is 1.02. The van der Waals surface area contributed by atoms with Crippen molar-refractivity contribution in [3.8, 4) is 67.5 Å². The molecule has 59 heavy (non-hydrogen) atoms. The molecule has 0 amide bonds. The van der Waals surface area contributed by atoms with Gasteiger partial charge in [0, 0.05) is 27.0 Å². The quantitative estimate of drug-likeness (QED) is 0.183. The van der Waals surface area contributed by atoms with Crippen LogP contribution in [0.25, 0.3) is 72.7 Å². The zero-order valence-corrected chi connectivity index (χ0v) is 34.9. The van der Waals surface area contributed by atoms with E-state index in [-0.39, 0.29) is 10.8 Å². The molecule has 0 bridgehead atoms. The van der Waals surface area contributed by atoms with Crippen molar-refractivity contribution in [2.45, 2.75) is 84.9 Å². The number of para-hydroxylation sites is 1. The summed E-state index contributed by atoms with van der Waals surface area (Å²) >= 11 is 0. The summed E-state index contributed by atoms with van der Waals surface area (Å²) in [5.41, 5.74) is 16.1. The Morgan fingerprint density at radius 3 is 2.12 bits per heavy atom. The van der Waals surface area contributed by atoms with Crippen LogP contribution in [0.4, 0.5) is 0 Å². The van der Waals surface area contributed by atoms with Crippen molar-refractivity contribution in [1.29, 1.82) is 0 Å². The van der Waals surface area contributed by atoms with Crippen LogP contribution in [0.2, 0.25) is 0 Å². The van der Waals surface area contributed by atoms with E-state index in [4.69, 9.17) is 14.1 Å². The van der Waals surface area contributed by atoms with Crippen molar-refractivity contribution in [2.24, 2.45) is 0 Å². The number of aromatic nitrogens is 3. The van der Waals surface area contributed by atoms with E-state index in [0.29, 0.717) is 17.1 Å². The Balaban J connectivity index is 1.28. The molecule has 2 aromatic heterocycles. The number of hydrogen-bond acceptors (Lipinski definition) is 3. The van der Waals surface area contributed by atoms with E-state index in [1.54, 1.807) is 12.1 Å². The normalized spacial score (nSPS) is 14.1. The Hall–Kier alpha value is -6.26. The summed E-state index contributed by atoms with van der Waals surface area (Å²) in [6.45, 7) is 11.3. The van der Waals surface area contributed by atoms with Gasteiger partial charge in [-0.05, 0) is 136 Å². The molecule has 6 aromatic carbocycles. The molecule has 0 unspecified atom stereocenters. The summed E-state index contributed by atoms with van der Waals surface area (Å²) in [4.78, 5) is 10.5. The van der Waals surface area contributed by atoms with Gasteiger partial charge < -0.3 is 5.11 Å². The van der Waals surface area contributed by atoms with Crippen molar-refractivity contribution >= 4 is 11.0 Å². The molecule has 1 N–H and O–H groups in total. The molecule has 4 heteroatoms. The Kier molecular flexibility index (Phi) is 8.74. The molecule has 1 aliphatic rings. The highest BCUT2D eigenvalue weighted by Gasteiger charge is 2.26. The van der Waals surface area contributed by atoms with Crippen LogP contribution >= 0.6 is 0 Å². The molecule has 0 aliphatic heterocycles. The molecule has 0 fully saturated rings. The molecule has 1 aliphatic carbocycles. The Morgan fingerprint density at radius 2 is 1.36 bits per heavy atom. The lowest BCUT2D eigenvalue weighted by atomic mass is 9.83. The Bertz CT molecular complexity index is 2970. The zero-order chi connectivity index (χ0) is 43.6. The van der Waals surface area contributed by atoms with Crippen LogP contribution in [0.5, 0.6) is 5.75 Å². The van der Waals surface area contributed by atoms with Crippen LogP contribution in [0, 0.1) is 6.85 Å². The average molecular weight is 775 g/mol. The molecule has 0 atom stereocenters. The highest BCUT2D eigenvalue weighted by atomic mass is 16.3. The molecule has 0 radical (unpaired) electrons. The van der Waals surface area contributed by atoms with Gasteiger partial charge in [0.2, 0.25) is 0 Å². The van der Waals surface area contributed by atoms with Crippen molar-refractivity contribution in [3.05, 3.63) is 167 Å². The molecule has 294 valence electrons. The van der Waals surface area contributed by atoms with Crippen LogP contribution in [-0.4, -0.2) is 19.6 Å². The minimum absolute atomic E-state index is 0.0692. The van der Waals surface area contributed by atoms with Gasteiger partial charge in [-0.25, -0.2) is 4.98 Å². The Labute approximate surface area is 353 Å². The van der Waals surface area contributed by atoms with Gasteiger partial charge in [-0.15, -0.1) is 0 Å². The molecular formula is C55H53N3O. The van der Waals surface area contributed by atoms with Crippen molar-refractivity contribution < 1.29 is 9.22 Å². The van der Waals surface area contributed by atoms with Crippen molar-refractivity contribution in [1.82, 2.24) is 14.5 Å². The van der Waals surface area contributed by atoms with Gasteiger partial charge in [0.25, 0.3) is 0 Å². The molecular weight excluding hydrogens is 719 g/mol. The second-order valence-corrected chi connectivity index (χ2v) is 18.2. The van der Waals surface area contributed by atoms with Crippen LogP contribution in [0.1, 0.15) is 86.3 Å². The Morgan fingerprint density at radius 1 is 0.593 bits per heavy atom. The molecule has 4 nitrogen and oxygen atoms in total. The predicted molar refractivity (Wildman–Crippen MR) is 246 cm³/mol. The number of nitrogens with zero attached hydrogens (tertiary/aromatic N) is 3. The van der Waals surface area contributed by atoms with Gasteiger partial charge in [-0.3, -0.25) is 9.55 Å². The van der Waals surface area contributed by atoms with E-state index in [1.165, 1.54) is 11.1 Å². The standard InChI is InChI=1S/C55H53N3O/c1-35-20-22-36(23-21-35)39-28-29-56-48(33-39)41-30-40(31-43(32-41)55(5,6)7)44-18-13-19-50-51(44)57-53(46-26-24-38-16-11-12-17-45(38)52(46)59)58(50)49-27-25-42(54(2,3)4)34-47(49)37-14-9-8-10-15-37/h8-10,13-15,18-34,59H,11-12,16-17H2,1-7H3/i1D3. The highest BCUT2D eigenvalue weighted by Crippen LogP contribution is 2.44. The fourth-order valence-electron chi connectivity index (χ4n) is 8.59. The summed E-state index contributed by atoms with van der Waals surface area (Å²) in [6.07, 6.45) is 5.82. The number of rotatable bonds is 6. The minimum Gasteiger partial charge on any atom is -0.507 e. The van der Waals surface area contributed by atoms with E-state index in [2.05, 4.69) is 149 Å². The maximum absolute atomic E-state index is 12.2. The van der Waals surface area contributed by atoms with E-state index in [9.17, 15) is 5.11 Å². The number of imidazole rings is 1. The number of fused-ring (bicyclic) bond motifs is 2. The lowest BCUT2D eigenvalue weighted by Gasteiger charge is -2.23. The van der Waals surface area contributed by atoms with Crippen LogP contribution in [-0.2, 0) is 23.7 Å². The first-order valence-corrected chi connectivity index (χ1v) is 20.8. The van der Waals surface area contributed by atoms with Gasteiger partial charge in [-0.1, -0.05) is 132 Å². The number of pyridine rings is 1. The van der Waals surface area contributed by atoms with Gasteiger partial charge >= 0.3 is 0 Å². The SMILES string of the molecule is [2H]C([2H])([2H])c1ccc(-c2ccnc(-c3cc(-c4cccc5c4nc(-c4ccc6c(c4O)CCCC6)n5-c4ccc(C(C)(C)C)cc4-c4ccccc4)cc(C(C)(C)C)c3)c2)cc1. The topological polar surface area (TPSA) is 50.9 Å². The lowest BCUT2D eigenvalue weighted by molar-refractivity contribution is 0.463. The third kappa shape index (κ3) is 7.26. The summed E-state index contributed by atoms with van der Waals surface area (Å²) < 4.78 is 25.7. The monoisotopic (exact) mass is 774 g/mol. The number of aryl methyl sites for hydroxylation is 2. The van der Waals surface area contributed by atoms with Gasteiger partial charge in [0.1, 0.15) is 11.6 Å². The second-order valence-electron chi connectivity index (χ2n) is 18.2. The first-order chi connectivity index (χ1) is 29.5. The fraction of sp³-hybridized carbons (Fsp3) is 0.236. The summed E-state index contributed by atoms with van der Waals surface area (Å²) in [7, 11) is 0. The maximum atomic E-state index is 12.2. The van der Waals surface area contributed by atoms with Crippen molar-refractivity contribution in [2.75, 3.05) is 0 Å². The molecule has 8 aromatic rings. The van der Waals surface area contributed by atoms with E-state index >= 15 is 0 Å². The first kappa shape index (κ1) is 34.8. The predicted octanol–water partition coefficient (Wildman–Crippen LogP) is 14.2. The van der Waals surface area contributed by atoms with Crippen molar-refractivity contribution in [3.63, 3.8) is 0 Å². The van der Waals surface area contributed by atoms with E-state index in [0.717, 1.165) is 104 Å². The number of phenolic OH excluding ortho intramolecular Hbond substituents is 1. The largest absolute Gasteiger partial charge is 0.507 e. The van der Waals surface area contributed by atoms with Crippen LogP contribution in [0.3, 0.4) is 0 Å². The third-order valence-electron chi connectivity index (χ3n) is 12.0. The fourth-order valence-corrected chi connectivity index (χ4v) is 8.59. The summed E-state index contributed by atoms with van der Waals surface area (Å²) in [5, 5.41) is 12.2. The minimum atomic E-state index is -2.16. The highest BCUT2D eigenvalue weighted by molar-refractivity contribution is 5.98. The smallest absolute Gasteiger partial charge is 0.149 e. The molecule has 0 saturated heterocycles. The average Bonchev–Trinajstić information content (AvgIpc) is 3.65. The first-order valence-electron chi connectivity index (χ1n) is 22.3. The van der Waals surface area contributed by atoms with Crippen LogP contribution in [0.15, 0.2) is 140 Å².